The van der Waals surface area contributed by atoms with E-state index >= 15 is 0 Å². The summed E-state index contributed by atoms with van der Waals surface area (Å²) in [7, 11) is 4.86. The van der Waals surface area contributed by atoms with E-state index < -0.39 is 0 Å². The Hall–Kier alpha value is -4.00. The molecule has 160 valence electrons. The number of ether oxygens (including phenoxy) is 2. The minimum absolute atomic E-state index is 0.0426. The summed E-state index contributed by atoms with van der Waals surface area (Å²) in [5, 5.41) is 5.85. The van der Waals surface area contributed by atoms with E-state index in [2.05, 4.69) is 10.6 Å². The second-order valence-electron chi connectivity index (χ2n) is 6.75. The van der Waals surface area contributed by atoms with Crippen LogP contribution in [0.4, 0.5) is 17.1 Å². The van der Waals surface area contributed by atoms with Crippen molar-refractivity contribution in [2.75, 3.05) is 43.3 Å². The third kappa shape index (κ3) is 5.54. The lowest BCUT2D eigenvalue weighted by Gasteiger charge is -2.17. The highest BCUT2D eigenvalue weighted by Gasteiger charge is 2.13. The van der Waals surface area contributed by atoms with Crippen LogP contribution in [0, 0.1) is 0 Å². The van der Waals surface area contributed by atoms with Crippen LogP contribution in [-0.4, -0.2) is 39.6 Å². The van der Waals surface area contributed by atoms with E-state index in [1.165, 1.54) is 0 Å². The Morgan fingerprint density at radius 2 is 1.61 bits per heavy atom. The summed E-state index contributed by atoms with van der Waals surface area (Å²) in [5.41, 5.74) is 2.60. The zero-order chi connectivity index (χ0) is 22.2. The summed E-state index contributed by atoms with van der Waals surface area (Å²) in [4.78, 5) is 26.6. The van der Waals surface area contributed by atoms with Gasteiger partial charge in [-0.05, 0) is 48.5 Å². The van der Waals surface area contributed by atoms with E-state index in [4.69, 9.17) is 9.47 Å². The second kappa shape index (κ2) is 10.2. The van der Waals surface area contributed by atoms with Gasteiger partial charge in [-0.2, -0.15) is 0 Å². The predicted molar refractivity (Wildman–Crippen MR) is 122 cm³/mol. The summed E-state index contributed by atoms with van der Waals surface area (Å²) in [6.07, 6.45) is 0. The van der Waals surface area contributed by atoms with Gasteiger partial charge in [0.2, 0.25) is 5.91 Å². The number of carbonyl (C=O) groups is 2. The molecule has 0 spiro atoms. The fourth-order valence-electron chi connectivity index (χ4n) is 2.99. The number of nitrogens with zero attached hydrogens (tertiary/aromatic N) is 1. The number of rotatable bonds is 8. The first kappa shape index (κ1) is 21.7. The number of amides is 2. The van der Waals surface area contributed by atoms with Crippen LogP contribution < -0.4 is 25.0 Å². The summed E-state index contributed by atoms with van der Waals surface area (Å²) >= 11 is 0. The number of methoxy groups -OCH3 is 2. The molecule has 2 N–H and O–H groups in total. The van der Waals surface area contributed by atoms with Crippen LogP contribution in [0.15, 0.2) is 72.8 Å². The number of nitrogens with one attached hydrogen (secondary N) is 2. The Kier molecular flexibility index (Phi) is 7.11. The van der Waals surface area contributed by atoms with E-state index in [1.54, 1.807) is 68.6 Å². The third-order valence-electron chi connectivity index (χ3n) is 4.71. The Labute approximate surface area is 181 Å². The lowest BCUT2D eigenvalue weighted by Crippen LogP contribution is -2.26. The van der Waals surface area contributed by atoms with E-state index in [9.17, 15) is 9.59 Å². The van der Waals surface area contributed by atoms with Gasteiger partial charge < -0.3 is 25.0 Å². The standard InChI is InChI=1S/C24H25N3O4/c1-27(19-7-5-4-6-8-19)24(29)17-9-11-18(12-10-17)26-23(28)16-25-21-15-20(30-2)13-14-22(21)31-3/h4-15,25H,16H2,1-3H3,(H,26,28). The molecule has 0 bridgehead atoms. The number of para-hydroxylation sites is 1. The Balaban J connectivity index is 1.58. The summed E-state index contributed by atoms with van der Waals surface area (Å²) in [6, 6.07) is 21.5. The fraction of sp³-hybridized carbons (Fsp3) is 0.167. The van der Waals surface area contributed by atoms with Crippen molar-refractivity contribution in [3.8, 4) is 11.5 Å². The van der Waals surface area contributed by atoms with Gasteiger partial charge in [0.1, 0.15) is 11.5 Å². The second-order valence-corrected chi connectivity index (χ2v) is 6.75. The topological polar surface area (TPSA) is 79.9 Å². The van der Waals surface area contributed by atoms with Crippen LogP contribution in [0.3, 0.4) is 0 Å². The van der Waals surface area contributed by atoms with Crippen molar-refractivity contribution in [3.05, 3.63) is 78.4 Å². The molecule has 0 atom stereocenters. The Morgan fingerprint density at radius 1 is 0.903 bits per heavy atom. The molecule has 0 heterocycles. The third-order valence-corrected chi connectivity index (χ3v) is 4.71. The van der Waals surface area contributed by atoms with Gasteiger partial charge in [0.15, 0.2) is 0 Å². The molecular weight excluding hydrogens is 394 g/mol. The van der Waals surface area contributed by atoms with Crippen LogP contribution >= 0.6 is 0 Å². The van der Waals surface area contributed by atoms with Gasteiger partial charge in [-0.3, -0.25) is 9.59 Å². The number of hydrogen-bond acceptors (Lipinski definition) is 5. The minimum atomic E-state index is -0.231. The van der Waals surface area contributed by atoms with E-state index in [0.29, 0.717) is 28.4 Å². The van der Waals surface area contributed by atoms with E-state index in [1.807, 2.05) is 30.3 Å². The molecule has 0 unspecified atom stereocenters. The van der Waals surface area contributed by atoms with Crippen molar-refractivity contribution < 1.29 is 19.1 Å². The quantitative estimate of drug-likeness (QED) is 0.576. The molecule has 0 aromatic heterocycles. The summed E-state index contributed by atoms with van der Waals surface area (Å²) in [6.45, 7) is 0.0426. The van der Waals surface area contributed by atoms with E-state index in [0.717, 1.165) is 5.69 Å². The predicted octanol–water partition coefficient (Wildman–Crippen LogP) is 4.03. The Morgan fingerprint density at radius 3 is 2.26 bits per heavy atom. The van der Waals surface area contributed by atoms with Crippen LogP contribution in [0.2, 0.25) is 0 Å². The molecule has 31 heavy (non-hydrogen) atoms. The maximum Gasteiger partial charge on any atom is 0.258 e. The van der Waals surface area contributed by atoms with Crippen LogP contribution in [-0.2, 0) is 4.79 Å². The Bertz CT molecular complexity index is 1040. The highest BCUT2D eigenvalue weighted by Crippen LogP contribution is 2.28. The monoisotopic (exact) mass is 419 g/mol. The molecule has 0 saturated heterocycles. The summed E-state index contributed by atoms with van der Waals surface area (Å²) < 4.78 is 10.5. The molecule has 0 aliphatic carbocycles. The number of benzene rings is 3. The van der Waals surface area contributed by atoms with Crippen molar-refractivity contribution in [1.82, 2.24) is 0 Å². The largest absolute Gasteiger partial charge is 0.497 e. The fourth-order valence-corrected chi connectivity index (χ4v) is 2.99. The first-order valence-electron chi connectivity index (χ1n) is 9.70. The molecule has 0 aliphatic heterocycles. The lowest BCUT2D eigenvalue weighted by molar-refractivity contribution is -0.114. The first-order valence-corrected chi connectivity index (χ1v) is 9.70. The highest BCUT2D eigenvalue weighted by molar-refractivity contribution is 6.06. The molecule has 3 aromatic carbocycles. The maximum atomic E-state index is 12.7. The van der Waals surface area contributed by atoms with Gasteiger partial charge in [-0.15, -0.1) is 0 Å². The summed E-state index contributed by atoms with van der Waals surface area (Å²) in [5.74, 6) is 0.907. The molecule has 0 aliphatic rings. The minimum Gasteiger partial charge on any atom is -0.497 e. The van der Waals surface area contributed by atoms with Crippen LogP contribution in [0.5, 0.6) is 11.5 Å². The number of carbonyl (C=O) groups excluding carboxylic acids is 2. The molecule has 3 aromatic rings. The van der Waals surface area contributed by atoms with Crippen LogP contribution in [0.25, 0.3) is 0 Å². The zero-order valence-corrected chi connectivity index (χ0v) is 17.7. The number of hydrogen-bond donors (Lipinski definition) is 2. The average molecular weight is 419 g/mol. The van der Waals surface area contributed by atoms with E-state index in [-0.39, 0.29) is 18.4 Å². The van der Waals surface area contributed by atoms with Gasteiger partial charge >= 0.3 is 0 Å². The van der Waals surface area contributed by atoms with Crippen molar-refractivity contribution in [2.24, 2.45) is 0 Å². The SMILES string of the molecule is COc1ccc(OC)c(NCC(=O)Nc2ccc(C(=O)N(C)c3ccccc3)cc2)c1. The van der Waals surface area contributed by atoms with Crippen molar-refractivity contribution in [2.45, 2.75) is 0 Å². The molecule has 0 saturated carbocycles. The smallest absolute Gasteiger partial charge is 0.258 e. The normalized spacial score (nSPS) is 10.2. The van der Waals surface area contributed by atoms with Gasteiger partial charge in [0.25, 0.3) is 5.91 Å². The highest BCUT2D eigenvalue weighted by atomic mass is 16.5. The molecular formula is C24H25N3O4. The average Bonchev–Trinajstić information content (AvgIpc) is 2.82. The van der Waals surface area contributed by atoms with Gasteiger partial charge in [0, 0.05) is 30.1 Å². The van der Waals surface area contributed by atoms with Crippen molar-refractivity contribution in [1.29, 1.82) is 0 Å². The zero-order valence-electron chi connectivity index (χ0n) is 17.7. The molecule has 3 rings (SSSR count). The lowest BCUT2D eigenvalue weighted by atomic mass is 10.1. The molecule has 7 heteroatoms. The molecule has 0 radical (unpaired) electrons. The van der Waals surface area contributed by atoms with Gasteiger partial charge in [0.05, 0.1) is 26.5 Å². The molecule has 7 nitrogen and oxygen atoms in total. The van der Waals surface area contributed by atoms with Crippen molar-refractivity contribution >= 4 is 28.9 Å². The number of anilines is 3. The van der Waals surface area contributed by atoms with Gasteiger partial charge in [-0.25, -0.2) is 0 Å². The maximum absolute atomic E-state index is 12.7. The van der Waals surface area contributed by atoms with Crippen LogP contribution in [0.1, 0.15) is 10.4 Å². The molecule has 0 fully saturated rings. The van der Waals surface area contributed by atoms with Crippen molar-refractivity contribution in [3.63, 3.8) is 0 Å². The molecule has 2 amide bonds. The van der Waals surface area contributed by atoms with Gasteiger partial charge in [-0.1, -0.05) is 18.2 Å². The first-order chi connectivity index (χ1) is 15.0.